The third-order valence-corrected chi connectivity index (χ3v) is 3.89. The molecule has 0 bridgehead atoms. The molecule has 0 amide bonds. The van der Waals surface area contributed by atoms with Crippen LogP contribution in [-0.4, -0.2) is 41.0 Å². The Labute approximate surface area is 94.4 Å². The van der Waals surface area contributed by atoms with E-state index in [1.807, 2.05) is 0 Å². The van der Waals surface area contributed by atoms with Gasteiger partial charge >= 0.3 is 0 Å². The van der Waals surface area contributed by atoms with Crippen molar-refractivity contribution in [1.29, 1.82) is 0 Å². The molecule has 0 aromatic carbocycles. The number of aryl methyl sites for hydroxylation is 1. The van der Waals surface area contributed by atoms with Gasteiger partial charge in [0.05, 0.1) is 6.54 Å². The molecule has 90 valence electrons. The Hall–Kier alpha value is -0.990. The number of hydrogen-bond donors (Lipinski definition) is 2. The molecule has 2 rings (SSSR count). The van der Waals surface area contributed by atoms with Gasteiger partial charge in [0.1, 0.15) is 5.82 Å². The molecule has 0 aliphatic heterocycles. The molecule has 0 radical (unpaired) electrons. The maximum atomic E-state index is 11.7. The quantitative estimate of drug-likeness (QED) is 0.734. The zero-order valence-electron chi connectivity index (χ0n) is 9.27. The zero-order chi connectivity index (χ0) is 11.8. The molecular formula is C8H15N5O2S. The average molecular weight is 245 g/mol. The molecule has 7 nitrogen and oxygen atoms in total. The molecule has 2 N–H and O–H groups in total. The van der Waals surface area contributed by atoms with Crippen molar-refractivity contribution in [1.82, 2.24) is 24.2 Å². The average Bonchev–Trinajstić information content (AvgIpc) is 2.88. The van der Waals surface area contributed by atoms with Crippen molar-refractivity contribution in [2.75, 3.05) is 7.05 Å². The van der Waals surface area contributed by atoms with Crippen LogP contribution in [-0.2, 0) is 16.8 Å². The normalized spacial score (nSPS) is 16.9. The number of aromatic amines is 1. The molecule has 1 fully saturated rings. The fourth-order valence-electron chi connectivity index (χ4n) is 1.25. The maximum absolute atomic E-state index is 11.7. The lowest BCUT2D eigenvalue weighted by Crippen LogP contribution is -2.39. The SMILES string of the molecule is Cc1nc(CN(C)S(=O)(=O)NC2CC2)n[nH]1. The fraction of sp³-hybridized carbons (Fsp3) is 0.750. The fourth-order valence-corrected chi connectivity index (χ4v) is 2.37. The molecule has 1 aliphatic carbocycles. The molecular weight excluding hydrogens is 230 g/mol. The van der Waals surface area contributed by atoms with E-state index in [4.69, 9.17) is 0 Å². The molecule has 8 heteroatoms. The molecule has 1 aromatic rings. The monoisotopic (exact) mass is 245 g/mol. The van der Waals surface area contributed by atoms with E-state index in [1.54, 1.807) is 6.92 Å². The number of nitrogens with one attached hydrogen (secondary N) is 2. The summed E-state index contributed by atoms with van der Waals surface area (Å²) >= 11 is 0. The van der Waals surface area contributed by atoms with Crippen molar-refractivity contribution in [2.45, 2.75) is 32.4 Å². The van der Waals surface area contributed by atoms with Crippen LogP contribution in [0.1, 0.15) is 24.5 Å². The Morgan fingerprint density at radius 2 is 2.25 bits per heavy atom. The van der Waals surface area contributed by atoms with Gasteiger partial charge in [-0.15, -0.1) is 0 Å². The van der Waals surface area contributed by atoms with Crippen LogP contribution < -0.4 is 4.72 Å². The summed E-state index contributed by atoms with van der Waals surface area (Å²) in [7, 11) is -1.89. The number of nitrogens with zero attached hydrogens (tertiary/aromatic N) is 3. The van der Waals surface area contributed by atoms with Gasteiger partial charge in [0.2, 0.25) is 0 Å². The summed E-state index contributed by atoms with van der Waals surface area (Å²) in [5, 5.41) is 6.57. The van der Waals surface area contributed by atoms with Crippen molar-refractivity contribution in [3.05, 3.63) is 11.6 Å². The molecule has 0 unspecified atom stereocenters. The van der Waals surface area contributed by atoms with Crippen LogP contribution >= 0.6 is 0 Å². The highest BCUT2D eigenvalue weighted by Crippen LogP contribution is 2.20. The molecule has 0 spiro atoms. The Kier molecular flexibility index (Phi) is 2.96. The van der Waals surface area contributed by atoms with Crippen molar-refractivity contribution in [2.24, 2.45) is 0 Å². The third-order valence-electron chi connectivity index (χ3n) is 2.31. The molecule has 1 aromatic heterocycles. The Balaban J connectivity index is 1.98. The second kappa shape index (κ2) is 4.11. The van der Waals surface area contributed by atoms with Gasteiger partial charge in [-0.25, -0.2) is 4.98 Å². The number of hydrogen-bond acceptors (Lipinski definition) is 4. The highest BCUT2D eigenvalue weighted by Gasteiger charge is 2.29. The summed E-state index contributed by atoms with van der Waals surface area (Å²) in [6.07, 6.45) is 1.85. The van der Waals surface area contributed by atoms with E-state index in [0.717, 1.165) is 12.8 Å². The topological polar surface area (TPSA) is 91.0 Å². The number of H-pyrrole nitrogens is 1. The standard InChI is InChI=1S/C8H15N5O2S/c1-6-9-8(11-10-6)5-13(2)16(14,15)12-7-3-4-7/h7,12H,3-5H2,1-2H3,(H,9,10,11). The van der Waals surface area contributed by atoms with Gasteiger partial charge in [-0.3, -0.25) is 5.10 Å². The molecule has 0 atom stereocenters. The van der Waals surface area contributed by atoms with E-state index in [-0.39, 0.29) is 12.6 Å². The van der Waals surface area contributed by atoms with E-state index in [9.17, 15) is 8.42 Å². The van der Waals surface area contributed by atoms with E-state index < -0.39 is 10.2 Å². The predicted octanol–water partition coefficient (Wildman–Crippen LogP) is -0.458. The minimum atomic E-state index is -3.40. The highest BCUT2D eigenvalue weighted by atomic mass is 32.2. The highest BCUT2D eigenvalue weighted by molar-refractivity contribution is 7.87. The van der Waals surface area contributed by atoms with Crippen molar-refractivity contribution in [3.63, 3.8) is 0 Å². The lowest BCUT2D eigenvalue weighted by atomic mass is 10.6. The molecule has 1 aliphatic rings. The molecule has 1 heterocycles. The van der Waals surface area contributed by atoms with Crippen LogP contribution in [0.5, 0.6) is 0 Å². The summed E-state index contributed by atoms with van der Waals surface area (Å²) in [6.45, 7) is 1.94. The van der Waals surface area contributed by atoms with Gasteiger partial charge in [0.25, 0.3) is 10.2 Å². The van der Waals surface area contributed by atoms with Gasteiger partial charge < -0.3 is 0 Å². The van der Waals surface area contributed by atoms with Gasteiger partial charge in [-0.2, -0.15) is 22.5 Å². The molecule has 16 heavy (non-hydrogen) atoms. The van der Waals surface area contributed by atoms with Crippen LogP contribution in [0.2, 0.25) is 0 Å². The Morgan fingerprint density at radius 3 is 2.75 bits per heavy atom. The van der Waals surface area contributed by atoms with Crippen molar-refractivity contribution < 1.29 is 8.42 Å². The van der Waals surface area contributed by atoms with Gasteiger partial charge in [0, 0.05) is 13.1 Å². The number of aromatic nitrogens is 3. The van der Waals surface area contributed by atoms with Gasteiger partial charge in [-0.1, -0.05) is 0 Å². The van der Waals surface area contributed by atoms with Gasteiger partial charge in [-0.05, 0) is 19.8 Å². The summed E-state index contributed by atoms with van der Waals surface area (Å²) in [6, 6.07) is 0.112. The smallest absolute Gasteiger partial charge is 0.263 e. The van der Waals surface area contributed by atoms with Crippen LogP contribution in [0, 0.1) is 6.92 Å². The van der Waals surface area contributed by atoms with Crippen LogP contribution in [0.15, 0.2) is 0 Å². The first-order chi connectivity index (χ1) is 7.47. The predicted molar refractivity (Wildman–Crippen MR) is 57.7 cm³/mol. The Bertz CT molecular complexity index is 465. The minimum Gasteiger partial charge on any atom is -0.263 e. The Morgan fingerprint density at radius 1 is 1.56 bits per heavy atom. The summed E-state index contributed by atoms with van der Waals surface area (Å²) in [5.74, 6) is 1.15. The lowest BCUT2D eigenvalue weighted by Gasteiger charge is -2.15. The van der Waals surface area contributed by atoms with E-state index >= 15 is 0 Å². The summed E-state index contributed by atoms with van der Waals surface area (Å²) in [5.41, 5.74) is 0. The molecule has 1 saturated carbocycles. The summed E-state index contributed by atoms with van der Waals surface area (Å²) < 4.78 is 27.3. The number of rotatable bonds is 5. The first-order valence-corrected chi connectivity index (χ1v) is 6.53. The maximum Gasteiger partial charge on any atom is 0.279 e. The van der Waals surface area contributed by atoms with Crippen LogP contribution in [0.25, 0.3) is 0 Å². The summed E-state index contributed by atoms with van der Waals surface area (Å²) in [4.78, 5) is 4.06. The third kappa shape index (κ3) is 2.77. The second-order valence-electron chi connectivity index (χ2n) is 3.99. The minimum absolute atomic E-state index is 0.112. The van der Waals surface area contributed by atoms with Crippen LogP contribution in [0.3, 0.4) is 0 Å². The van der Waals surface area contributed by atoms with E-state index in [1.165, 1.54) is 11.4 Å². The van der Waals surface area contributed by atoms with E-state index in [0.29, 0.717) is 11.6 Å². The lowest BCUT2D eigenvalue weighted by molar-refractivity contribution is 0.446. The van der Waals surface area contributed by atoms with E-state index in [2.05, 4.69) is 19.9 Å². The van der Waals surface area contributed by atoms with Crippen LogP contribution in [0.4, 0.5) is 0 Å². The second-order valence-corrected chi connectivity index (χ2v) is 5.80. The van der Waals surface area contributed by atoms with Crippen molar-refractivity contribution in [3.8, 4) is 0 Å². The first-order valence-electron chi connectivity index (χ1n) is 5.09. The zero-order valence-corrected chi connectivity index (χ0v) is 10.1. The van der Waals surface area contributed by atoms with Gasteiger partial charge in [0.15, 0.2) is 5.82 Å². The largest absolute Gasteiger partial charge is 0.279 e. The van der Waals surface area contributed by atoms with Crippen molar-refractivity contribution >= 4 is 10.2 Å². The first kappa shape index (κ1) is 11.5. The molecule has 0 saturated heterocycles.